The highest BCUT2D eigenvalue weighted by molar-refractivity contribution is 6.36. The molecule has 0 aliphatic carbocycles. The second kappa shape index (κ2) is 6.66. The van der Waals surface area contributed by atoms with Gasteiger partial charge in [0.15, 0.2) is 0 Å². The summed E-state index contributed by atoms with van der Waals surface area (Å²) in [6, 6.07) is 0. The summed E-state index contributed by atoms with van der Waals surface area (Å²) in [6.07, 6.45) is -2.61. The summed E-state index contributed by atoms with van der Waals surface area (Å²) < 4.78 is 38.3. The summed E-state index contributed by atoms with van der Waals surface area (Å²) >= 11 is 0. The first-order valence-corrected chi connectivity index (χ1v) is 7.45. The molecular weight excluding hydrogens is 301 g/mol. The number of carbonyl (C=O) groups is 3. The van der Waals surface area contributed by atoms with Gasteiger partial charge in [0.25, 0.3) is 5.91 Å². The summed E-state index contributed by atoms with van der Waals surface area (Å²) in [6.45, 7) is -0.109. The Labute approximate surface area is 126 Å². The van der Waals surface area contributed by atoms with Crippen molar-refractivity contribution in [1.82, 2.24) is 9.80 Å². The number of ketones is 1. The average Bonchev–Trinajstić information content (AvgIpc) is 2.62. The van der Waals surface area contributed by atoms with Crippen LogP contribution in [0, 0.1) is 5.92 Å². The van der Waals surface area contributed by atoms with E-state index in [0.717, 1.165) is 9.80 Å². The van der Waals surface area contributed by atoms with E-state index in [1.807, 2.05) is 0 Å². The molecule has 0 saturated carbocycles. The van der Waals surface area contributed by atoms with E-state index in [4.69, 9.17) is 0 Å². The van der Waals surface area contributed by atoms with E-state index in [1.54, 1.807) is 0 Å². The van der Waals surface area contributed by atoms with Gasteiger partial charge in [-0.3, -0.25) is 14.4 Å². The molecule has 2 amide bonds. The number of hydrogen-bond acceptors (Lipinski definition) is 3. The second-order valence-electron chi connectivity index (χ2n) is 5.83. The Hall–Kier alpha value is -1.60. The van der Waals surface area contributed by atoms with Gasteiger partial charge in [-0.15, -0.1) is 0 Å². The molecule has 0 aromatic carbocycles. The van der Waals surface area contributed by atoms with Crippen LogP contribution in [0.1, 0.15) is 32.1 Å². The fourth-order valence-electron chi connectivity index (χ4n) is 2.86. The van der Waals surface area contributed by atoms with Crippen molar-refractivity contribution >= 4 is 17.6 Å². The molecular formula is C14H19F3N2O3. The van der Waals surface area contributed by atoms with Crippen LogP contribution >= 0.6 is 0 Å². The Kier molecular flexibility index (Phi) is 5.08. The Bertz CT molecular complexity index is 465. The van der Waals surface area contributed by atoms with Crippen LogP contribution in [0.15, 0.2) is 0 Å². The van der Waals surface area contributed by atoms with Crippen LogP contribution in [0.5, 0.6) is 0 Å². The minimum Gasteiger partial charge on any atom is -0.341 e. The molecule has 2 saturated heterocycles. The van der Waals surface area contributed by atoms with Gasteiger partial charge >= 0.3 is 6.18 Å². The van der Waals surface area contributed by atoms with E-state index in [1.165, 1.54) is 0 Å². The number of carbonyl (C=O) groups excluding carboxylic acids is 3. The monoisotopic (exact) mass is 320 g/mol. The van der Waals surface area contributed by atoms with E-state index in [-0.39, 0.29) is 32.5 Å². The Balaban J connectivity index is 1.96. The number of piperidine rings is 1. The van der Waals surface area contributed by atoms with Gasteiger partial charge in [0.05, 0.1) is 5.92 Å². The molecule has 2 heterocycles. The first kappa shape index (κ1) is 16.8. The molecule has 0 aromatic heterocycles. The molecule has 22 heavy (non-hydrogen) atoms. The maximum Gasteiger partial charge on any atom is 0.393 e. The fraction of sp³-hybridized carbons (Fsp3) is 0.786. The van der Waals surface area contributed by atoms with Crippen molar-refractivity contribution in [3.63, 3.8) is 0 Å². The minimum absolute atomic E-state index is 0.0222. The maximum atomic E-state index is 12.8. The highest BCUT2D eigenvalue weighted by atomic mass is 19.4. The van der Waals surface area contributed by atoms with E-state index in [2.05, 4.69) is 0 Å². The highest BCUT2D eigenvalue weighted by Crippen LogP contribution is 2.33. The van der Waals surface area contributed by atoms with Crippen LogP contribution in [-0.2, 0) is 14.4 Å². The molecule has 2 rings (SSSR count). The Morgan fingerprint density at radius 1 is 1.14 bits per heavy atom. The molecule has 0 radical (unpaired) electrons. The van der Waals surface area contributed by atoms with Crippen molar-refractivity contribution in [2.24, 2.45) is 5.92 Å². The van der Waals surface area contributed by atoms with Gasteiger partial charge in [-0.05, 0) is 25.7 Å². The second-order valence-corrected chi connectivity index (χ2v) is 5.83. The van der Waals surface area contributed by atoms with Gasteiger partial charge < -0.3 is 9.80 Å². The van der Waals surface area contributed by atoms with Gasteiger partial charge in [0, 0.05) is 26.1 Å². The van der Waals surface area contributed by atoms with E-state index in [9.17, 15) is 27.6 Å². The molecule has 5 nitrogen and oxygen atoms in total. The zero-order chi connectivity index (χ0) is 16.3. The predicted molar refractivity (Wildman–Crippen MR) is 70.8 cm³/mol. The molecule has 124 valence electrons. The van der Waals surface area contributed by atoms with Gasteiger partial charge in [-0.2, -0.15) is 13.2 Å². The molecule has 1 atom stereocenters. The number of nitrogens with zero attached hydrogens (tertiary/aromatic N) is 2. The molecule has 2 aliphatic rings. The number of halogens is 3. The summed E-state index contributed by atoms with van der Waals surface area (Å²) in [4.78, 5) is 37.8. The zero-order valence-electron chi connectivity index (χ0n) is 12.2. The van der Waals surface area contributed by atoms with Crippen molar-refractivity contribution in [2.75, 3.05) is 26.2 Å². The van der Waals surface area contributed by atoms with Crippen molar-refractivity contribution in [3.8, 4) is 0 Å². The van der Waals surface area contributed by atoms with Crippen molar-refractivity contribution in [3.05, 3.63) is 0 Å². The Morgan fingerprint density at radius 3 is 2.55 bits per heavy atom. The van der Waals surface area contributed by atoms with Crippen LogP contribution in [0.3, 0.4) is 0 Å². The predicted octanol–water partition coefficient (Wildman–Crippen LogP) is 1.37. The standard InChI is InChI=1S/C14H19F3N2O3/c15-14(16,17)10-4-3-7-18(8-10)12(21)9-19-6-2-1-5-11(20)13(19)22/h10H,1-9H2. The third kappa shape index (κ3) is 3.98. The summed E-state index contributed by atoms with van der Waals surface area (Å²) in [7, 11) is 0. The summed E-state index contributed by atoms with van der Waals surface area (Å²) in [5, 5.41) is 0. The fourth-order valence-corrected chi connectivity index (χ4v) is 2.86. The lowest BCUT2D eigenvalue weighted by molar-refractivity contribution is -0.188. The highest BCUT2D eigenvalue weighted by Gasteiger charge is 2.43. The lowest BCUT2D eigenvalue weighted by Gasteiger charge is -2.34. The molecule has 2 fully saturated rings. The molecule has 0 N–H and O–H groups in total. The number of likely N-dealkylation sites (tertiary alicyclic amines) is 2. The molecule has 8 heteroatoms. The molecule has 0 spiro atoms. The van der Waals surface area contributed by atoms with Crippen molar-refractivity contribution in [1.29, 1.82) is 0 Å². The normalized spacial score (nSPS) is 24.4. The molecule has 0 aromatic rings. The number of rotatable bonds is 2. The minimum atomic E-state index is -4.31. The third-order valence-corrected chi connectivity index (χ3v) is 4.17. The van der Waals surface area contributed by atoms with Crippen LogP contribution in [0.2, 0.25) is 0 Å². The lowest BCUT2D eigenvalue weighted by atomic mass is 9.97. The molecule has 1 unspecified atom stereocenters. The largest absolute Gasteiger partial charge is 0.393 e. The number of alkyl halides is 3. The van der Waals surface area contributed by atoms with E-state index in [0.29, 0.717) is 25.8 Å². The molecule has 2 aliphatic heterocycles. The van der Waals surface area contributed by atoms with Crippen LogP contribution in [0.25, 0.3) is 0 Å². The van der Waals surface area contributed by atoms with Crippen molar-refractivity contribution < 1.29 is 27.6 Å². The number of hydrogen-bond donors (Lipinski definition) is 0. The topological polar surface area (TPSA) is 57.7 Å². The van der Waals surface area contributed by atoms with Gasteiger partial charge in [-0.1, -0.05) is 0 Å². The Morgan fingerprint density at radius 2 is 1.86 bits per heavy atom. The first-order chi connectivity index (χ1) is 10.3. The van der Waals surface area contributed by atoms with E-state index >= 15 is 0 Å². The average molecular weight is 320 g/mol. The summed E-state index contributed by atoms with van der Waals surface area (Å²) in [5.41, 5.74) is 0. The summed E-state index contributed by atoms with van der Waals surface area (Å²) in [5.74, 6) is -3.25. The SMILES string of the molecule is O=C1CCCCN(CC(=O)N2CCCC(C(F)(F)F)C2)C1=O. The third-order valence-electron chi connectivity index (χ3n) is 4.17. The molecule has 0 bridgehead atoms. The van der Waals surface area contributed by atoms with Crippen molar-refractivity contribution in [2.45, 2.75) is 38.3 Å². The quantitative estimate of drug-likeness (QED) is 0.722. The van der Waals surface area contributed by atoms with Gasteiger partial charge in [-0.25, -0.2) is 0 Å². The number of Topliss-reactive ketones (excluding diaryl/α,β-unsaturated/α-hetero) is 1. The first-order valence-electron chi connectivity index (χ1n) is 7.45. The zero-order valence-corrected chi connectivity index (χ0v) is 12.2. The van der Waals surface area contributed by atoms with Crippen LogP contribution in [-0.4, -0.2) is 59.8 Å². The van der Waals surface area contributed by atoms with Crippen LogP contribution in [0.4, 0.5) is 13.2 Å². The van der Waals surface area contributed by atoms with E-state index < -0.39 is 29.7 Å². The van der Waals surface area contributed by atoms with Gasteiger partial charge in [0.2, 0.25) is 11.7 Å². The lowest BCUT2D eigenvalue weighted by Crippen LogP contribution is -2.49. The smallest absolute Gasteiger partial charge is 0.341 e. The van der Waals surface area contributed by atoms with Gasteiger partial charge in [0.1, 0.15) is 6.54 Å². The van der Waals surface area contributed by atoms with Crippen LogP contribution < -0.4 is 0 Å². The maximum absolute atomic E-state index is 12.8. The number of amides is 2.